The molecular weight excluding hydrogens is 318 g/mol. The van der Waals surface area contributed by atoms with Crippen molar-refractivity contribution in [2.24, 2.45) is 0 Å². The molecule has 7 heteroatoms. The summed E-state index contributed by atoms with van der Waals surface area (Å²) in [5.74, 6) is 1.43. The third-order valence-corrected chi connectivity index (χ3v) is 5.83. The standard InChI is InChI=1S/C18H25N5O2/c1-21-8-10-22(11-9-21)14-4-2-13(3-5-14)18-19-16-7-6-15(23(24)25)12-17(16)20-18/h6-7,12-14H,2-5,8-11H2,1H3,(H,19,20). The van der Waals surface area contributed by atoms with Gasteiger partial charge in [-0.2, -0.15) is 0 Å². The second-order valence-corrected chi connectivity index (χ2v) is 7.43. The van der Waals surface area contributed by atoms with E-state index in [0.717, 1.165) is 29.7 Å². The number of nitrogens with one attached hydrogen (secondary N) is 1. The molecule has 25 heavy (non-hydrogen) atoms. The zero-order valence-corrected chi connectivity index (χ0v) is 14.6. The number of nitro groups is 1. The number of nitro benzene ring substituents is 1. The van der Waals surface area contributed by atoms with Crippen LogP contribution in [0.15, 0.2) is 18.2 Å². The summed E-state index contributed by atoms with van der Waals surface area (Å²) in [5.41, 5.74) is 1.70. The molecule has 1 aliphatic carbocycles. The van der Waals surface area contributed by atoms with Crippen molar-refractivity contribution in [3.8, 4) is 0 Å². The van der Waals surface area contributed by atoms with Gasteiger partial charge in [-0.15, -0.1) is 0 Å². The van der Waals surface area contributed by atoms with Crippen LogP contribution in [0.3, 0.4) is 0 Å². The lowest BCUT2D eigenvalue weighted by Gasteiger charge is -2.40. The van der Waals surface area contributed by atoms with Gasteiger partial charge in [-0.05, 0) is 38.8 Å². The molecule has 2 fully saturated rings. The van der Waals surface area contributed by atoms with E-state index in [2.05, 4.69) is 26.8 Å². The molecule has 1 N–H and O–H groups in total. The number of benzene rings is 1. The molecule has 2 heterocycles. The van der Waals surface area contributed by atoms with Crippen molar-refractivity contribution >= 4 is 16.7 Å². The Labute approximate surface area is 147 Å². The average Bonchev–Trinajstić information content (AvgIpc) is 3.05. The van der Waals surface area contributed by atoms with Crippen molar-refractivity contribution in [2.75, 3.05) is 33.2 Å². The van der Waals surface area contributed by atoms with Crippen LogP contribution < -0.4 is 0 Å². The van der Waals surface area contributed by atoms with Gasteiger partial charge in [0.2, 0.25) is 0 Å². The Balaban J connectivity index is 1.42. The van der Waals surface area contributed by atoms with Crippen molar-refractivity contribution in [2.45, 2.75) is 37.6 Å². The van der Waals surface area contributed by atoms with E-state index in [-0.39, 0.29) is 10.6 Å². The molecule has 0 spiro atoms. The lowest BCUT2D eigenvalue weighted by molar-refractivity contribution is -0.384. The van der Waals surface area contributed by atoms with Crippen molar-refractivity contribution in [1.29, 1.82) is 0 Å². The van der Waals surface area contributed by atoms with Gasteiger partial charge in [-0.1, -0.05) is 0 Å². The molecule has 1 aliphatic heterocycles. The third-order valence-electron chi connectivity index (χ3n) is 5.83. The van der Waals surface area contributed by atoms with Gasteiger partial charge < -0.3 is 9.88 Å². The van der Waals surface area contributed by atoms with Gasteiger partial charge in [-0.3, -0.25) is 15.0 Å². The van der Waals surface area contributed by atoms with Crippen molar-refractivity contribution in [3.63, 3.8) is 0 Å². The van der Waals surface area contributed by atoms with Crippen LogP contribution in [0.2, 0.25) is 0 Å². The van der Waals surface area contributed by atoms with E-state index in [1.807, 2.05) is 0 Å². The van der Waals surface area contributed by atoms with Crippen molar-refractivity contribution in [1.82, 2.24) is 19.8 Å². The van der Waals surface area contributed by atoms with Crippen LogP contribution in [0.5, 0.6) is 0 Å². The first kappa shape index (κ1) is 16.5. The van der Waals surface area contributed by atoms with Gasteiger partial charge in [-0.25, -0.2) is 4.98 Å². The molecule has 4 rings (SSSR count). The third kappa shape index (κ3) is 3.39. The topological polar surface area (TPSA) is 78.3 Å². The van der Waals surface area contributed by atoms with Crippen LogP contribution in [0.1, 0.15) is 37.4 Å². The van der Waals surface area contributed by atoms with Gasteiger partial charge in [0.15, 0.2) is 0 Å². The number of likely N-dealkylation sites (N-methyl/N-ethyl adjacent to an activating group) is 1. The summed E-state index contributed by atoms with van der Waals surface area (Å²) in [6.07, 6.45) is 4.70. The van der Waals surface area contributed by atoms with E-state index in [1.54, 1.807) is 12.1 Å². The van der Waals surface area contributed by atoms with Gasteiger partial charge in [0.05, 0.1) is 16.0 Å². The molecule has 0 radical (unpaired) electrons. The summed E-state index contributed by atoms with van der Waals surface area (Å²) in [6, 6.07) is 5.55. The Morgan fingerprint density at radius 2 is 1.88 bits per heavy atom. The zero-order valence-electron chi connectivity index (χ0n) is 14.6. The predicted octanol–water partition coefficient (Wildman–Crippen LogP) is 2.74. The molecule has 2 aromatic rings. The fourth-order valence-corrected chi connectivity index (χ4v) is 4.23. The number of nitrogens with zero attached hydrogens (tertiary/aromatic N) is 4. The maximum absolute atomic E-state index is 10.9. The van der Waals surface area contributed by atoms with Crippen LogP contribution in [-0.2, 0) is 0 Å². The molecule has 7 nitrogen and oxygen atoms in total. The summed E-state index contributed by atoms with van der Waals surface area (Å²) < 4.78 is 0. The van der Waals surface area contributed by atoms with E-state index in [1.165, 1.54) is 45.1 Å². The molecule has 0 bridgehead atoms. The first-order valence-corrected chi connectivity index (χ1v) is 9.17. The first-order valence-electron chi connectivity index (χ1n) is 9.17. The number of aromatic nitrogens is 2. The number of H-pyrrole nitrogens is 1. The molecule has 134 valence electrons. The SMILES string of the molecule is CN1CCN(C2CCC(c3nc4ccc([N+](=O)[O-])cc4[nH]3)CC2)CC1. The van der Waals surface area contributed by atoms with E-state index < -0.39 is 0 Å². The molecule has 0 amide bonds. The van der Waals surface area contributed by atoms with Gasteiger partial charge >= 0.3 is 0 Å². The normalized spacial score (nSPS) is 26.1. The Morgan fingerprint density at radius 1 is 1.16 bits per heavy atom. The highest BCUT2D eigenvalue weighted by molar-refractivity contribution is 5.77. The van der Waals surface area contributed by atoms with Crippen LogP contribution in [0.25, 0.3) is 11.0 Å². The summed E-state index contributed by atoms with van der Waals surface area (Å²) in [6.45, 7) is 4.70. The molecule has 2 aliphatic rings. The average molecular weight is 343 g/mol. The smallest absolute Gasteiger partial charge is 0.271 e. The lowest BCUT2D eigenvalue weighted by Crippen LogP contribution is -2.49. The van der Waals surface area contributed by atoms with E-state index in [0.29, 0.717) is 12.0 Å². The molecular formula is C18H25N5O2. The quantitative estimate of drug-likeness (QED) is 0.685. The highest BCUT2D eigenvalue weighted by Crippen LogP contribution is 2.35. The van der Waals surface area contributed by atoms with Crippen molar-refractivity contribution in [3.05, 3.63) is 34.1 Å². The molecule has 1 saturated carbocycles. The predicted molar refractivity (Wildman–Crippen MR) is 96.8 cm³/mol. The van der Waals surface area contributed by atoms with E-state index in [4.69, 9.17) is 0 Å². The summed E-state index contributed by atoms with van der Waals surface area (Å²) in [4.78, 5) is 23.6. The Bertz CT molecular complexity index is 758. The Morgan fingerprint density at radius 3 is 2.56 bits per heavy atom. The molecule has 1 saturated heterocycles. The van der Waals surface area contributed by atoms with Gasteiger partial charge in [0.1, 0.15) is 5.82 Å². The van der Waals surface area contributed by atoms with Crippen LogP contribution >= 0.6 is 0 Å². The maximum atomic E-state index is 10.9. The van der Waals surface area contributed by atoms with Crippen LogP contribution in [0, 0.1) is 10.1 Å². The van der Waals surface area contributed by atoms with E-state index in [9.17, 15) is 10.1 Å². The second-order valence-electron chi connectivity index (χ2n) is 7.43. The number of piperazine rings is 1. The molecule has 1 aromatic heterocycles. The van der Waals surface area contributed by atoms with Gasteiger partial charge in [0, 0.05) is 50.3 Å². The fourth-order valence-electron chi connectivity index (χ4n) is 4.23. The van der Waals surface area contributed by atoms with E-state index >= 15 is 0 Å². The minimum atomic E-state index is -0.360. The molecule has 0 unspecified atom stereocenters. The summed E-state index contributed by atoms with van der Waals surface area (Å²) in [5, 5.41) is 10.9. The number of aromatic amines is 1. The first-order chi connectivity index (χ1) is 12.1. The number of rotatable bonds is 3. The highest BCUT2D eigenvalue weighted by Gasteiger charge is 2.29. The number of imidazole rings is 1. The van der Waals surface area contributed by atoms with Crippen LogP contribution in [0.4, 0.5) is 5.69 Å². The number of hydrogen-bond acceptors (Lipinski definition) is 5. The summed E-state index contributed by atoms with van der Waals surface area (Å²) >= 11 is 0. The Hall–Kier alpha value is -1.99. The highest BCUT2D eigenvalue weighted by atomic mass is 16.6. The van der Waals surface area contributed by atoms with Crippen molar-refractivity contribution < 1.29 is 4.92 Å². The Kier molecular flexibility index (Phi) is 4.43. The number of non-ortho nitro benzene ring substituents is 1. The minimum Gasteiger partial charge on any atom is -0.342 e. The molecule has 1 aromatic carbocycles. The number of hydrogen-bond donors (Lipinski definition) is 1. The largest absolute Gasteiger partial charge is 0.342 e. The number of fused-ring (bicyclic) bond motifs is 1. The fraction of sp³-hybridized carbons (Fsp3) is 0.611. The molecule has 0 atom stereocenters. The minimum absolute atomic E-state index is 0.112. The van der Waals surface area contributed by atoms with Gasteiger partial charge in [0.25, 0.3) is 5.69 Å². The monoisotopic (exact) mass is 343 g/mol. The summed E-state index contributed by atoms with van der Waals surface area (Å²) in [7, 11) is 2.19. The van der Waals surface area contributed by atoms with Crippen LogP contribution in [-0.4, -0.2) is 64.0 Å². The zero-order chi connectivity index (χ0) is 17.4. The maximum Gasteiger partial charge on any atom is 0.271 e. The lowest BCUT2D eigenvalue weighted by atomic mass is 9.84. The second kappa shape index (κ2) is 6.72.